The average molecular weight is 518 g/mol. The summed E-state index contributed by atoms with van der Waals surface area (Å²) < 4.78 is 5.63. The maximum atomic E-state index is 13.5. The molecule has 0 fully saturated rings. The Labute approximate surface area is 217 Å². The molecule has 0 saturated heterocycles. The number of para-hydroxylation sites is 1. The summed E-state index contributed by atoms with van der Waals surface area (Å²) in [6, 6.07) is 18.9. The number of pyridine rings is 2. The van der Waals surface area contributed by atoms with E-state index in [4.69, 9.17) is 32.9 Å². The minimum atomic E-state index is -1.09. The summed E-state index contributed by atoms with van der Waals surface area (Å²) in [5.74, 6) is -0.997. The second-order valence-corrected chi connectivity index (χ2v) is 9.28. The number of anilines is 1. The average Bonchev–Trinajstić information content (AvgIpc) is 3.26. The van der Waals surface area contributed by atoms with Crippen LogP contribution < -0.4 is 5.32 Å². The number of ether oxygens (including phenoxy) is 1. The quantitative estimate of drug-likeness (QED) is 0.301. The van der Waals surface area contributed by atoms with E-state index in [1.54, 1.807) is 0 Å². The molecule has 0 bridgehead atoms. The predicted molar refractivity (Wildman–Crippen MR) is 142 cm³/mol. The van der Waals surface area contributed by atoms with Crippen LogP contribution in [0.1, 0.15) is 40.5 Å². The first-order valence-electron chi connectivity index (χ1n) is 11.4. The Bertz CT molecular complexity index is 1520. The molecule has 1 N–H and O–H groups in total. The lowest BCUT2D eigenvalue weighted by Gasteiger charge is -2.16. The zero-order valence-corrected chi connectivity index (χ0v) is 20.8. The van der Waals surface area contributed by atoms with Crippen LogP contribution in [0.2, 0.25) is 10.0 Å². The monoisotopic (exact) mass is 517 g/mol. The molecule has 1 aliphatic rings. The molecule has 0 saturated carbocycles. The summed E-state index contributed by atoms with van der Waals surface area (Å²) in [5.41, 5.74) is 4.88. The summed E-state index contributed by atoms with van der Waals surface area (Å²) in [5, 5.41) is 3.80. The van der Waals surface area contributed by atoms with E-state index in [0.29, 0.717) is 27.9 Å². The van der Waals surface area contributed by atoms with Crippen LogP contribution in [-0.2, 0) is 16.0 Å². The van der Waals surface area contributed by atoms with Crippen molar-refractivity contribution in [3.05, 3.63) is 99.3 Å². The number of hydrogen-bond acceptors (Lipinski definition) is 5. The molecule has 36 heavy (non-hydrogen) atoms. The number of amides is 1. The lowest BCUT2D eigenvalue weighted by Crippen LogP contribution is -2.30. The molecule has 2 aromatic carbocycles. The molecule has 0 radical (unpaired) electrons. The van der Waals surface area contributed by atoms with Gasteiger partial charge in [0.1, 0.15) is 0 Å². The lowest BCUT2D eigenvalue weighted by atomic mass is 10.0. The largest absolute Gasteiger partial charge is 0.449 e. The van der Waals surface area contributed by atoms with Crippen LogP contribution in [0, 0.1) is 0 Å². The number of carbonyl (C=O) groups is 2. The van der Waals surface area contributed by atoms with Crippen molar-refractivity contribution in [2.45, 2.75) is 25.9 Å². The van der Waals surface area contributed by atoms with E-state index in [9.17, 15) is 9.59 Å². The highest BCUT2D eigenvalue weighted by molar-refractivity contribution is 6.36. The predicted octanol–water partition coefficient (Wildman–Crippen LogP) is 6.61. The first-order valence-corrected chi connectivity index (χ1v) is 12.2. The van der Waals surface area contributed by atoms with E-state index in [1.807, 2.05) is 54.6 Å². The molecule has 180 valence electrons. The highest BCUT2D eigenvalue weighted by Gasteiger charge is 2.29. The van der Waals surface area contributed by atoms with Crippen LogP contribution in [0.3, 0.4) is 0 Å². The summed E-state index contributed by atoms with van der Waals surface area (Å²) in [6.07, 6.45) is 3.79. The van der Waals surface area contributed by atoms with Gasteiger partial charge in [-0.15, -0.1) is 0 Å². The Balaban J connectivity index is 1.45. The molecule has 8 heteroatoms. The molecule has 5 rings (SSSR count). The molecule has 4 aromatic rings. The number of fused-ring (bicyclic) bond motifs is 2. The summed E-state index contributed by atoms with van der Waals surface area (Å²) >= 11 is 12.0. The van der Waals surface area contributed by atoms with E-state index >= 15 is 0 Å². The van der Waals surface area contributed by atoms with Gasteiger partial charge in [-0.25, -0.2) is 14.8 Å². The molecule has 1 amide bonds. The summed E-state index contributed by atoms with van der Waals surface area (Å²) in [6.45, 7) is 1.50. The van der Waals surface area contributed by atoms with Gasteiger partial charge in [0.25, 0.3) is 5.91 Å². The fraction of sp³-hybridized carbons (Fsp3) is 0.143. The third-order valence-electron chi connectivity index (χ3n) is 5.99. The SMILES string of the molecule is CC(OC(=O)c1c2c(nc3ccccc13)C(=Cc1ccccc1)CC2)C(=O)Nc1ncc(Cl)cc1Cl. The van der Waals surface area contributed by atoms with Crippen molar-refractivity contribution in [1.82, 2.24) is 9.97 Å². The van der Waals surface area contributed by atoms with Crippen molar-refractivity contribution in [2.24, 2.45) is 0 Å². The number of nitrogens with zero attached hydrogens (tertiary/aromatic N) is 2. The van der Waals surface area contributed by atoms with Gasteiger partial charge in [0.15, 0.2) is 11.9 Å². The molecule has 1 aliphatic carbocycles. The number of nitrogens with one attached hydrogen (secondary N) is 1. The van der Waals surface area contributed by atoms with Gasteiger partial charge in [0.2, 0.25) is 0 Å². The molecular formula is C28H21Cl2N3O3. The molecule has 2 heterocycles. The molecule has 6 nitrogen and oxygen atoms in total. The minimum Gasteiger partial charge on any atom is -0.449 e. The van der Waals surface area contributed by atoms with Crippen LogP contribution in [-0.4, -0.2) is 27.9 Å². The minimum absolute atomic E-state index is 0.139. The zero-order valence-electron chi connectivity index (χ0n) is 19.3. The second-order valence-electron chi connectivity index (χ2n) is 8.43. The topological polar surface area (TPSA) is 81.2 Å². The molecule has 0 spiro atoms. The maximum Gasteiger partial charge on any atom is 0.339 e. The van der Waals surface area contributed by atoms with Gasteiger partial charge in [-0.3, -0.25) is 4.79 Å². The van der Waals surface area contributed by atoms with Crippen molar-refractivity contribution in [2.75, 3.05) is 5.32 Å². The third kappa shape index (κ3) is 4.83. The van der Waals surface area contributed by atoms with Crippen LogP contribution in [0.4, 0.5) is 5.82 Å². The summed E-state index contributed by atoms with van der Waals surface area (Å²) in [4.78, 5) is 35.1. The van der Waals surface area contributed by atoms with Gasteiger partial charge in [-0.2, -0.15) is 0 Å². The standard InChI is InChI=1S/C28H21Cl2N3O3/c1-16(27(34)33-26-22(30)14-19(29)15-31-26)36-28(35)24-20-9-5-6-10-23(20)32-25-18(11-12-21(24)25)13-17-7-3-2-4-8-17/h2-10,13-16H,11-12H2,1H3,(H,31,33,34). The van der Waals surface area contributed by atoms with Gasteiger partial charge in [-0.05, 0) is 54.7 Å². The highest BCUT2D eigenvalue weighted by Crippen LogP contribution is 2.38. The lowest BCUT2D eigenvalue weighted by molar-refractivity contribution is -0.123. The van der Waals surface area contributed by atoms with Gasteiger partial charge in [0.05, 0.1) is 26.8 Å². The fourth-order valence-electron chi connectivity index (χ4n) is 4.26. The Morgan fingerprint density at radius 2 is 1.81 bits per heavy atom. The van der Waals surface area contributed by atoms with Crippen molar-refractivity contribution in [1.29, 1.82) is 0 Å². The number of halogens is 2. The number of hydrogen-bond donors (Lipinski definition) is 1. The smallest absolute Gasteiger partial charge is 0.339 e. The first kappa shape index (κ1) is 24.0. The van der Waals surface area contributed by atoms with Crippen molar-refractivity contribution in [3.8, 4) is 0 Å². The Morgan fingerprint density at radius 3 is 2.58 bits per heavy atom. The number of aromatic nitrogens is 2. The van der Waals surface area contributed by atoms with Gasteiger partial charge in [-0.1, -0.05) is 71.7 Å². The number of benzene rings is 2. The van der Waals surface area contributed by atoms with E-state index in [2.05, 4.69) is 16.4 Å². The first-order chi connectivity index (χ1) is 17.4. The van der Waals surface area contributed by atoms with Crippen LogP contribution in [0.5, 0.6) is 0 Å². The Kier molecular flexibility index (Phi) is 6.72. The van der Waals surface area contributed by atoms with Crippen LogP contribution >= 0.6 is 23.2 Å². The van der Waals surface area contributed by atoms with Crippen molar-refractivity contribution in [3.63, 3.8) is 0 Å². The number of rotatable bonds is 5. The van der Waals surface area contributed by atoms with E-state index in [-0.39, 0.29) is 10.8 Å². The van der Waals surface area contributed by atoms with Crippen LogP contribution in [0.15, 0.2) is 66.9 Å². The number of carbonyl (C=O) groups excluding carboxylic acids is 2. The molecule has 1 atom stereocenters. The van der Waals surface area contributed by atoms with E-state index in [1.165, 1.54) is 19.2 Å². The summed E-state index contributed by atoms with van der Waals surface area (Å²) in [7, 11) is 0. The fourth-order valence-corrected chi connectivity index (χ4v) is 4.69. The zero-order chi connectivity index (χ0) is 25.2. The molecule has 0 aliphatic heterocycles. The molecular weight excluding hydrogens is 497 g/mol. The molecule has 2 aromatic heterocycles. The van der Waals surface area contributed by atoms with Crippen molar-refractivity contribution < 1.29 is 14.3 Å². The normalized spacial score (nSPS) is 14.5. The molecule has 1 unspecified atom stereocenters. The number of allylic oxidation sites excluding steroid dienone is 1. The van der Waals surface area contributed by atoms with E-state index in [0.717, 1.165) is 28.8 Å². The highest BCUT2D eigenvalue weighted by atomic mass is 35.5. The second kappa shape index (κ2) is 10.1. The van der Waals surface area contributed by atoms with E-state index < -0.39 is 18.0 Å². The van der Waals surface area contributed by atoms with Crippen molar-refractivity contribution >= 4 is 63.4 Å². The Morgan fingerprint density at radius 1 is 1.06 bits per heavy atom. The van der Waals surface area contributed by atoms with Gasteiger partial charge >= 0.3 is 5.97 Å². The maximum absolute atomic E-state index is 13.5. The van der Waals surface area contributed by atoms with Gasteiger partial charge in [0, 0.05) is 11.6 Å². The third-order valence-corrected chi connectivity index (χ3v) is 6.48. The van der Waals surface area contributed by atoms with Gasteiger partial charge < -0.3 is 10.1 Å². The Hall–Kier alpha value is -3.74. The number of esters is 1. The van der Waals surface area contributed by atoms with Crippen LogP contribution in [0.25, 0.3) is 22.6 Å².